The van der Waals surface area contributed by atoms with E-state index in [2.05, 4.69) is 26.0 Å². The van der Waals surface area contributed by atoms with Crippen molar-refractivity contribution in [1.29, 1.82) is 0 Å². The zero-order chi connectivity index (χ0) is 19.5. The molecule has 7 nitrogen and oxygen atoms in total. The van der Waals surface area contributed by atoms with Crippen molar-refractivity contribution in [2.45, 2.75) is 18.9 Å². The summed E-state index contributed by atoms with van der Waals surface area (Å²) in [6.07, 6.45) is 7.67. The van der Waals surface area contributed by atoms with Gasteiger partial charge in [0, 0.05) is 52.3 Å². The molecular weight excluding hydrogens is 397 g/mol. The standard InChI is InChI=1S/C19H21Cl2N7/c1-28-11-12(9-24-28)17-10-23-19(26-16-7-13(20)6-14(21)8-16)27-18(17)25-15-2-4-22-5-3-15/h6-11,15,22H,2-5H2,1H3,(H2,23,25,26,27). The van der Waals surface area contributed by atoms with Gasteiger partial charge < -0.3 is 16.0 Å². The molecule has 0 spiro atoms. The van der Waals surface area contributed by atoms with Crippen LogP contribution in [0.1, 0.15) is 12.8 Å². The highest BCUT2D eigenvalue weighted by molar-refractivity contribution is 6.35. The summed E-state index contributed by atoms with van der Waals surface area (Å²) in [6, 6.07) is 5.61. The summed E-state index contributed by atoms with van der Waals surface area (Å²) in [6.45, 7) is 1.99. The molecule has 1 aromatic carbocycles. The van der Waals surface area contributed by atoms with Crippen LogP contribution in [0.5, 0.6) is 0 Å². The Kier molecular flexibility index (Phi) is 5.66. The third-order valence-electron chi connectivity index (χ3n) is 4.60. The van der Waals surface area contributed by atoms with Crippen molar-refractivity contribution in [2.24, 2.45) is 7.05 Å². The zero-order valence-electron chi connectivity index (χ0n) is 15.4. The maximum Gasteiger partial charge on any atom is 0.229 e. The summed E-state index contributed by atoms with van der Waals surface area (Å²) in [5, 5.41) is 15.5. The number of halogens is 2. The van der Waals surface area contributed by atoms with E-state index in [1.165, 1.54) is 0 Å². The van der Waals surface area contributed by atoms with E-state index in [9.17, 15) is 0 Å². The van der Waals surface area contributed by atoms with Gasteiger partial charge in [0.25, 0.3) is 0 Å². The van der Waals surface area contributed by atoms with E-state index >= 15 is 0 Å². The average molecular weight is 418 g/mol. The number of hydrogen-bond acceptors (Lipinski definition) is 6. The van der Waals surface area contributed by atoms with Gasteiger partial charge in [-0.15, -0.1) is 0 Å². The van der Waals surface area contributed by atoms with E-state index in [0.29, 0.717) is 22.0 Å². The normalized spacial score (nSPS) is 14.8. The minimum absolute atomic E-state index is 0.361. The van der Waals surface area contributed by atoms with Gasteiger partial charge in [-0.05, 0) is 44.1 Å². The molecule has 1 fully saturated rings. The average Bonchev–Trinajstić information content (AvgIpc) is 3.08. The van der Waals surface area contributed by atoms with Gasteiger partial charge in [-0.3, -0.25) is 4.68 Å². The van der Waals surface area contributed by atoms with E-state index in [0.717, 1.165) is 48.6 Å². The smallest absolute Gasteiger partial charge is 0.229 e. The molecule has 0 atom stereocenters. The van der Waals surface area contributed by atoms with Crippen molar-refractivity contribution in [2.75, 3.05) is 23.7 Å². The van der Waals surface area contributed by atoms with E-state index in [-0.39, 0.29) is 0 Å². The predicted molar refractivity (Wildman–Crippen MR) is 113 cm³/mol. The highest BCUT2D eigenvalue weighted by atomic mass is 35.5. The number of rotatable bonds is 5. The van der Waals surface area contributed by atoms with Crippen molar-refractivity contribution < 1.29 is 0 Å². The molecule has 146 valence electrons. The van der Waals surface area contributed by atoms with Crippen LogP contribution in [-0.4, -0.2) is 38.9 Å². The Balaban J connectivity index is 1.65. The number of benzene rings is 1. The molecule has 9 heteroatoms. The summed E-state index contributed by atoms with van der Waals surface area (Å²) >= 11 is 12.2. The van der Waals surface area contributed by atoms with Gasteiger partial charge in [0.05, 0.1) is 6.20 Å². The third-order valence-corrected chi connectivity index (χ3v) is 5.04. The molecule has 1 saturated heterocycles. The fourth-order valence-electron chi connectivity index (χ4n) is 3.24. The summed E-state index contributed by atoms with van der Waals surface area (Å²) < 4.78 is 1.77. The number of aromatic nitrogens is 4. The van der Waals surface area contributed by atoms with Crippen LogP contribution in [0, 0.1) is 0 Å². The lowest BCUT2D eigenvalue weighted by Gasteiger charge is -2.25. The summed E-state index contributed by atoms with van der Waals surface area (Å²) in [4.78, 5) is 9.21. The van der Waals surface area contributed by atoms with E-state index < -0.39 is 0 Å². The Hall–Kier alpha value is -2.35. The molecule has 3 heterocycles. The van der Waals surface area contributed by atoms with E-state index in [4.69, 9.17) is 28.2 Å². The molecule has 3 aromatic rings. The van der Waals surface area contributed by atoms with E-state index in [1.54, 1.807) is 22.9 Å². The number of piperidine rings is 1. The number of hydrogen-bond donors (Lipinski definition) is 3. The fraction of sp³-hybridized carbons (Fsp3) is 0.316. The second kappa shape index (κ2) is 8.34. The Labute approximate surface area is 173 Å². The minimum Gasteiger partial charge on any atom is -0.367 e. The third kappa shape index (κ3) is 4.55. The fourth-order valence-corrected chi connectivity index (χ4v) is 3.76. The number of aryl methyl sites for hydroxylation is 1. The molecule has 0 amide bonds. The minimum atomic E-state index is 0.361. The van der Waals surface area contributed by atoms with Gasteiger partial charge in [0.15, 0.2) is 0 Å². The van der Waals surface area contributed by atoms with Crippen LogP contribution in [0.15, 0.2) is 36.8 Å². The molecule has 2 aromatic heterocycles. The Morgan fingerprint density at radius 3 is 2.54 bits per heavy atom. The van der Waals surface area contributed by atoms with Crippen LogP contribution in [0.25, 0.3) is 11.1 Å². The van der Waals surface area contributed by atoms with Crippen LogP contribution >= 0.6 is 23.2 Å². The zero-order valence-corrected chi connectivity index (χ0v) is 16.9. The maximum absolute atomic E-state index is 6.09. The topological polar surface area (TPSA) is 79.7 Å². The van der Waals surface area contributed by atoms with Gasteiger partial charge in [0.1, 0.15) is 5.82 Å². The Morgan fingerprint density at radius 1 is 1.11 bits per heavy atom. The first kappa shape index (κ1) is 19.0. The number of anilines is 3. The first-order chi connectivity index (χ1) is 13.6. The van der Waals surface area contributed by atoms with Gasteiger partial charge >= 0.3 is 0 Å². The summed E-state index contributed by atoms with van der Waals surface area (Å²) in [5.74, 6) is 1.26. The second-order valence-electron chi connectivity index (χ2n) is 6.81. The van der Waals surface area contributed by atoms with Crippen molar-refractivity contribution in [3.8, 4) is 11.1 Å². The highest BCUT2D eigenvalue weighted by Gasteiger charge is 2.17. The summed E-state index contributed by atoms with van der Waals surface area (Å²) in [7, 11) is 1.89. The molecule has 1 aliphatic rings. The van der Waals surface area contributed by atoms with Gasteiger partial charge in [0.2, 0.25) is 5.95 Å². The second-order valence-corrected chi connectivity index (χ2v) is 7.68. The lowest BCUT2D eigenvalue weighted by atomic mass is 10.1. The first-order valence-electron chi connectivity index (χ1n) is 9.13. The van der Waals surface area contributed by atoms with Crippen LogP contribution in [0.3, 0.4) is 0 Å². The maximum atomic E-state index is 6.09. The number of nitrogens with one attached hydrogen (secondary N) is 3. The largest absolute Gasteiger partial charge is 0.367 e. The van der Waals surface area contributed by atoms with E-state index in [1.807, 2.05) is 25.6 Å². The molecule has 4 rings (SSSR count). The van der Waals surface area contributed by atoms with Gasteiger partial charge in [-0.2, -0.15) is 10.1 Å². The highest BCUT2D eigenvalue weighted by Crippen LogP contribution is 2.29. The molecule has 0 bridgehead atoms. The SMILES string of the molecule is Cn1cc(-c2cnc(Nc3cc(Cl)cc(Cl)c3)nc2NC2CCNCC2)cn1. The quantitative estimate of drug-likeness (QED) is 0.579. The monoisotopic (exact) mass is 417 g/mol. The van der Waals surface area contributed by atoms with Crippen LogP contribution in [-0.2, 0) is 7.05 Å². The van der Waals surface area contributed by atoms with Crippen LogP contribution in [0.4, 0.5) is 17.5 Å². The molecule has 0 unspecified atom stereocenters. The molecule has 0 aliphatic carbocycles. The summed E-state index contributed by atoms with van der Waals surface area (Å²) in [5.41, 5.74) is 2.62. The molecule has 28 heavy (non-hydrogen) atoms. The van der Waals surface area contributed by atoms with Crippen molar-refractivity contribution in [1.82, 2.24) is 25.1 Å². The van der Waals surface area contributed by atoms with Gasteiger partial charge in [-0.1, -0.05) is 23.2 Å². The first-order valence-corrected chi connectivity index (χ1v) is 9.89. The Morgan fingerprint density at radius 2 is 1.86 bits per heavy atom. The number of nitrogens with zero attached hydrogens (tertiary/aromatic N) is 4. The van der Waals surface area contributed by atoms with Crippen molar-refractivity contribution in [3.05, 3.63) is 46.8 Å². The van der Waals surface area contributed by atoms with Crippen molar-refractivity contribution >= 4 is 40.7 Å². The molecule has 3 N–H and O–H groups in total. The van der Waals surface area contributed by atoms with Crippen LogP contribution in [0.2, 0.25) is 10.0 Å². The lowest BCUT2D eigenvalue weighted by Crippen LogP contribution is -2.35. The molecule has 0 saturated carbocycles. The van der Waals surface area contributed by atoms with Gasteiger partial charge in [-0.25, -0.2) is 4.98 Å². The molecular formula is C19H21Cl2N7. The molecule has 0 radical (unpaired) electrons. The molecule has 1 aliphatic heterocycles. The Bertz CT molecular complexity index is 946. The van der Waals surface area contributed by atoms with Crippen LogP contribution < -0.4 is 16.0 Å². The lowest BCUT2D eigenvalue weighted by molar-refractivity contribution is 0.478. The predicted octanol–water partition coefficient (Wildman–Crippen LogP) is 4.09. The van der Waals surface area contributed by atoms with Crippen molar-refractivity contribution in [3.63, 3.8) is 0 Å².